The van der Waals surface area contributed by atoms with Gasteiger partial charge in [-0.1, -0.05) is 71.1 Å². The molecule has 0 aliphatic heterocycles. The summed E-state index contributed by atoms with van der Waals surface area (Å²) in [5.74, 6) is -0.745. The Morgan fingerprint density at radius 2 is 1.80 bits per heavy atom. The first-order valence-corrected chi connectivity index (χ1v) is 14.6. The van der Waals surface area contributed by atoms with Crippen molar-refractivity contribution in [2.24, 2.45) is 0 Å². The fourth-order valence-electron chi connectivity index (χ4n) is 4.23. The van der Waals surface area contributed by atoms with E-state index in [0.29, 0.717) is 0 Å². The van der Waals surface area contributed by atoms with Crippen LogP contribution in [0.4, 0.5) is 5.69 Å². The zero-order chi connectivity index (χ0) is 25.6. The Hall–Kier alpha value is -2.10. The average Bonchev–Trinajstić information content (AvgIpc) is 2.81. The molecule has 1 aliphatic rings. The van der Waals surface area contributed by atoms with Crippen molar-refractivity contribution in [3.05, 3.63) is 63.6 Å². The van der Waals surface area contributed by atoms with E-state index in [1.54, 1.807) is 31.2 Å². The van der Waals surface area contributed by atoms with Crippen molar-refractivity contribution in [1.82, 2.24) is 10.2 Å². The highest BCUT2D eigenvalue weighted by molar-refractivity contribution is 9.10. The lowest BCUT2D eigenvalue weighted by Gasteiger charge is -2.33. The van der Waals surface area contributed by atoms with E-state index in [1.165, 1.54) is 11.3 Å². The zero-order valence-electron chi connectivity index (χ0n) is 19.9. The highest BCUT2D eigenvalue weighted by Crippen LogP contribution is 2.27. The van der Waals surface area contributed by atoms with Crippen LogP contribution < -0.4 is 9.62 Å². The van der Waals surface area contributed by atoms with Crippen molar-refractivity contribution in [2.45, 2.75) is 57.7 Å². The fourth-order valence-corrected chi connectivity index (χ4v) is 5.83. The molecular formula is C25H31BrClN3O4S. The molecule has 3 rings (SSSR count). The van der Waals surface area contributed by atoms with Gasteiger partial charge < -0.3 is 10.2 Å². The van der Waals surface area contributed by atoms with Crippen LogP contribution in [0.15, 0.2) is 53.0 Å². The Labute approximate surface area is 221 Å². The summed E-state index contributed by atoms with van der Waals surface area (Å²) in [5.41, 5.74) is 1.03. The summed E-state index contributed by atoms with van der Waals surface area (Å²) >= 11 is 9.70. The number of rotatable bonds is 9. The topological polar surface area (TPSA) is 86.8 Å². The minimum atomic E-state index is -3.82. The number of nitrogens with zero attached hydrogens (tertiary/aromatic N) is 2. The van der Waals surface area contributed by atoms with Crippen LogP contribution in [0.3, 0.4) is 0 Å². The lowest BCUT2D eigenvalue weighted by atomic mass is 9.95. The van der Waals surface area contributed by atoms with E-state index >= 15 is 0 Å². The Morgan fingerprint density at radius 1 is 1.11 bits per heavy atom. The third kappa shape index (κ3) is 7.69. The van der Waals surface area contributed by atoms with Gasteiger partial charge in [0.05, 0.1) is 17.0 Å². The summed E-state index contributed by atoms with van der Waals surface area (Å²) in [6.45, 7) is 1.35. The van der Waals surface area contributed by atoms with E-state index in [2.05, 4.69) is 21.2 Å². The summed E-state index contributed by atoms with van der Waals surface area (Å²) in [6.07, 6.45) is 6.18. The van der Waals surface area contributed by atoms with Gasteiger partial charge in [0.2, 0.25) is 21.8 Å². The van der Waals surface area contributed by atoms with E-state index in [0.717, 1.165) is 46.3 Å². The lowest BCUT2D eigenvalue weighted by Crippen LogP contribution is -2.53. The molecule has 2 aromatic rings. The van der Waals surface area contributed by atoms with E-state index in [4.69, 9.17) is 11.6 Å². The number of nitrogens with one attached hydrogen (secondary N) is 1. The lowest BCUT2D eigenvalue weighted by molar-refractivity contribution is -0.139. The van der Waals surface area contributed by atoms with Crippen LogP contribution in [0.25, 0.3) is 0 Å². The molecule has 0 aromatic heterocycles. The van der Waals surface area contributed by atoms with Crippen LogP contribution in [-0.2, 0) is 26.2 Å². The van der Waals surface area contributed by atoms with Crippen LogP contribution in [-0.4, -0.2) is 50.0 Å². The molecule has 2 amide bonds. The maximum Gasteiger partial charge on any atom is 0.244 e. The highest BCUT2D eigenvalue weighted by atomic mass is 79.9. The molecule has 190 valence electrons. The number of carbonyl (C=O) groups excluding carboxylic acids is 2. The number of anilines is 1. The molecule has 0 unspecified atom stereocenters. The van der Waals surface area contributed by atoms with Crippen LogP contribution in [0.2, 0.25) is 5.02 Å². The van der Waals surface area contributed by atoms with Gasteiger partial charge in [-0.2, -0.15) is 0 Å². The second-order valence-corrected chi connectivity index (χ2v) is 12.1. The average molecular weight is 585 g/mol. The minimum Gasteiger partial charge on any atom is -0.352 e. The standard InChI is InChI=1S/C25H31BrClN3O4S/c1-18(25(32)28-21-11-4-3-5-12-21)29(16-19-9-8-10-20(26)15-19)24(31)17-30(35(2,33)34)23-14-7-6-13-22(23)27/h6-10,13-15,18,21H,3-5,11-12,16-17H2,1-2H3,(H,28,32)/t18-/m1/s1. The van der Waals surface area contributed by atoms with Gasteiger partial charge in [0, 0.05) is 17.1 Å². The van der Waals surface area contributed by atoms with E-state index in [1.807, 2.05) is 24.3 Å². The molecule has 1 fully saturated rings. The molecule has 10 heteroatoms. The summed E-state index contributed by atoms with van der Waals surface area (Å²) < 4.78 is 27.1. The summed E-state index contributed by atoms with van der Waals surface area (Å²) in [7, 11) is -3.82. The second kappa shape index (κ2) is 12.2. The largest absolute Gasteiger partial charge is 0.352 e. The van der Waals surface area contributed by atoms with Gasteiger partial charge >= 0.3 is 0 Å². The summed E-state index contributed by atoms with van der Waals surface area (Å²) in [5, 5.41) is 3.30. The van der Waals surface area contributed by atoms with Gasteiger partial charge in [0.25, 0.3) is 0 Å². The molecular weight excluding hydrogens is 554 g/mol. The molecule has 1 atom stereocenters. The molecule has 1 aliphatic carbocycles. The van der Waals surface area contributed by atoms with E-state index < -0.39 is 28.5 Å². The zero-order valence-corrected chi connectivity index (χ0v) is 23.1. The highest BCUT2D eigenvalue weighted by Gasteiger charge is 2.31. The minimum absolute atomic E-state index is 0.0946. The fraction of sp³-hybridized carbons (Fsp3) is 0.440. The molecule has 7 nitrogen and oxygen atoms in total. The SMILES string of the molecule is C[C@H](C(=O)NC1CCCCC1)N(Cc1cccc(Br)c1)C(=O)CN(c1ccccc1Cl)S(C)(=O)=O. The number of benzene rings is 2. The number of carbonyl (C=O) groups is 2. The predicted octanol–water partition coefficient (Wildman–Crippen LogP) is 4.73. The Morgan fingerprint density at radius 3 is 2.43 bits per heavy atom. The number of hydrogen-bond donors (Lipinski definition) is 1. The molecule has 0 spiro atoms. The third-order valence-corrected chi connectivity index (χ3v) is 8.10. The Kier molecular flexibility index (Phi) is 9.61. The molecule has 0 saturated heterocycles. The molecule has 2 aromatic carbocycles. The molecule has 1 saturated carbocycles. The summed E-state index contributed by atoms with van der Waals surface area (Å²) in [6, 6.07) is 13.2. The van der Waals surface area contributed by atoms with Crippen molar-refractivity contribution < 1.29 is 18.0 Å². The predicted molar refractivity (Wildman–Crippen MR) is 143 cm³/mol. The number of sulfonamides is 1. The van der Waals surface area contributed by atoms with Crippen LogP contribution in [0, 0.1) is 0 Å². The molecule has 0 heterocycles. The van der Waals surface area contributed by atoms with E-state index in [9.17, 15) is 18.0 Å². The number of halogens is 2. The first kappa shape index (κ1) is 27.5. The number of hydrogen-bond acceptors (Lipinski definition) is 4. The van der Waals surface area contributed by atoms with Gasteiger partial charge in [-0.3, -0.25) is 13.9 Å². The van der Waals surface area contributed by atoms with Crippen LogP contribution >= 0.6 is 27.5 Å². The van der Waals surface area contributed by atoms with Crippen molar-refractivity contribution in [1.29, 1.82) is 0 Å². The Bertz CT molecular complexity index is 1150. The van der Waals surface area contributed by atoms with Gasteiger partial charge in [0.15, 0.2) is 0 Å². The maximum atomic E-state index is 13.6. The van der Waals surface area contributed by atoms with Crippen molar-refractivity contribution in [3.8, 4) is 0 Å². The number of amides is 2. The monoisotopic (exact) mass is 583 g/mol. The van der Waals surface area contributed by atoms with E-state index in [-0.39, 0.29) is 29.2 Å². The molecule has 1 N–H and O–H groups in total. The van der Waals surface area contributed by atoms with Crippen molar-refractivity contribution >= 4 is 55.1 Å². The molecule has 0 bridgehead atoms. The van der Waals surface area contributed by atoms with Gasteiger partial charge in [-0.25, -0.2) is 8.42 Å². The van der Waals surface area contributed by atoms with Gasteiger partial charge in [-0.05, 0) is 49.6 Å². The van der Waals surface area contributed by atoms with Crippen molar-refractivity contribution in [3.63, 3.8) is 0 Å². The molecule has 35 heavy (non-hydrogen) atoms. The van der Waals surface area contributed by atoms with Crippen LogP contribution in [0.1, 0.15) is 44.6 Å². The molecule has 0 radical (unpaired) electrons. The second-order valence-electron chi connectivity index (χ2n) is 8.89. The smallest absolute Gasteiger partial charge is 0.244 e. The normalized spacial score (nSPS) is 15.3. The van der Waals surface area contributed by atoms with Crippen LogP contribution in [0.5, 0.6) is 0 Å². The summed E-state index contributed by atoms with van der Waals surface area (Å²) in [4.78, 5) is 28.2. The van der Waals surface area contributed by atoms with Gasteiger partial charge in [0.1, 0.15) is 12.6 Å². The third-order valence-electron chi connectivity index (χ3n) is 6.16. The van der Waals surface area contributed by atoms with Crippen molar-refractivity contribution in [2.75, 3.05) is 17.1 Å². The maximum absolute atomic E-state index is 13.6. The number of para-hydroxylation sites is 1. The van der Waals surface area contributed by atoms with Gasteiger partial charge in [-0.15, -0.1) is 0 Å². The quantitative estimate of drug-likeness (QED) is 0.462. The first-order valence-electron chi connectivity index (χ1n) is 11.6. The Balaban J connectivity index is 1.88. The first-order chi connectivity index (χ1) is 16.6.